The van der Waals surface area contributed by atoms with E-state index in [1.54, 1.807) is 12.1 Å². The van der Waals surface area contributed by atoms with Crippen LogP contribution in [0, 0.1) is 0 Å². The highest BCUT2D eigenvalue weighted by Crippen LogP contribution is 2.23. The van der Waals surface area contributed by atoms with Gasteiger partial charge in [-0.25, -0.2) is 0 Å². The molecule has 0 amide bonds. The zero-order chi connectivity index (χ0) is 19.1. The minimum atomic E-state index is -0.530. The Bertz CT molecular complexity index is 875. The Morgan fingerprint density at radius 3 is 2.46 bits per heavy atom. The average Bonchev–Trinajstić information content (AvgIpc) is 2.68. The molecule has 0 saturated carbocycles. The Balaban J connectivity index is 0.00000280. The molecule has 3 nitrogen and oxygen atoms in total. The van der Waals surface area contributed by atoms with Crippen molar-refractivity contribution >= 4 is 35.6 Å². The molecule has 0 aromatic heterocycles. The van der Waals surface area contributed by atoms with Gasteiger partial charge in [0.25, 0.3) is 0 Å². The zero-order valence-electron chi connectivity index (χ0n) is 15.1. The Morgan fingerprint density at radius 1 is 0.929 bits per heavy atom. The molecule has 3 rings (SSSR count). The topological polar surface area (TPSA) is 41.5 Å². The summed E-state index contributed by atoms with van der Waals surface area (Å²) in [6.07, 6.45) is -0.530. The highest BCUT2D eigenvalue weighted by atomic mass is 35.5. The maximum Gasteiger partial charge on any atom is 0.120 e. The molecule has 0 spiro atoms. The first-order chi connectivity index (χ1) is 13.1. The molecular weight excluding hydrogens is 417 g/mol. The third kappa shape index (κ3) is 6.69. The van der Waals surface area contributed by atoms with Crippen LogP contribution in [0.5, 0.6) is 5.75 Å². The van der Waals surface area contributed by atoms with Gasteiger partial charge in [-0.05, 0) is 35.4 Å². The van der Waals surface area contributed by atoms with Crippen molar-refractivity contribution in [1.29, 1.82) is 0 Å². The van der Waals surface area contributed by atoms with E-state index in [-0.39, 0.29) is 12.4 Å². The van der Waals surface area contributed by atoms with Crippen molar-refractivity contribution in [3.8, 4) is 5.75 Å². The van der Waals surface area contributed by atoms with Crippen LogP contribution in [0.3, 0.4) is 0 Å². The van der Waals surface area contributed by atoms with E-state index in [1.165, 1.54) is 0 Å². The van der Waals surface area contributed by atoms with E-state index in [2.05, 4.69) is 5.32 Å². The van der Waals surface area contributed by atoms with Crippen molar-refractivity contribution < 1.29 is 9.84 Å². The van der Waals surface area contributed by atoms with Crippen molar-refractivity contribution in [2.45, 2.75) is 19.3 Å². The molecule has 3 aromatic rings. The fraction of sp³-hybridized carbons (Fsp3) is 0.182. The number of aliphatic hydroxyl groups is 1. The largest absolute Gasteiger partial charge is 0.489 e. The molecule has 1 unspecified atom stereocenters. The zero-order valence-corrected chi connectivity index (χ0v) is 17.5. The molecule has 0 radical (unpaired) electrons. The molecule has 3 aromatic carbocycles. The molecule has 148 valence electrons. The van der Waals surface area contributed by atoms with Crippen LogP contribution in [0.15, 0.2) is 72.8 Å². The minimum absolute atomic E-state index is 0. The van der Waals surface area contributed by atoms with Gasteiger partial charge < -0.3 is 15.2 Å². The molecule has 0 bridgehead atoms. The highest BCUT2D eigenvalue weighted by molar-refractivity contribution is 6.35. The Hall–Kier alpha value is -1.75. The molecule has 0 heterocycles. The van der Waals surface area contributed by atoms with Crippen LogP contribution in [0.1, 0.15) is 22.8 Å². The fourth-order valence-electron chi connectivity index (χ4n) is 2.69. The third-order valence-electron chi connectivity index (χ3n) is 4.16. The van der Waals surface area contributed by atoms with Crippen molar-refractivity contribution in [1.82, 2.24) is 5.32 Å². The number of hydrogen-bond donors (Lipinski definition) is 2. The number of hydrogen-bond acceptors (Lipinski definition) is 3. The summed E-state index contributed by atoms with van der Waals surface area (Å²) < 4.78 is 5.85. The summed E-state index contributed by atoms with van der Waals surface area (Å²) in [5, 5.41) is 14.7. The summed E-state index contributed by atoms with van der Waals surface area (Å²) in [7, 11) is 0. The predicted molar refractivity (Wildman–Crippen MR) is 118 cm³/mol. The molecule has 0 aliphatic carbocycles. The van der Waals surface area contributed by atoms with Crippen LogP contribution in [-0.2, 0) is 13.2 Å². The molecule has 1 atom stereocenters. The van der Waals surface area contributed by atoms with Gasteiger partial charge in [0.2, 0.25) is 0 Å². The molecule has 0 aliphatic heterocycles. The van der Waals surface area contributed by atoms with E-state index >= 15 is 0 Å². The highest BCUT2D eigenvalue weighted by Gasteiger charge is 2.07. The second-order valence-electron chi connectivity index (χ2n) is 6.23. The van der Waals surface area contributed by atoms with Gasteiger partial charge in [-0.1, -0.05) is 71.7 Å². The first-order valence-corrected chi connectivity index (χ1v) is 9.47. The molecule has 6 heteroatoms. The van der Waals surface area contributed by atoms with Gasteiger partial charge in [-0.2, -0.15) is 0 Å². The maximum absolute atomic E-state index is 10.2. The maximum atomic E-state index is 10.2. The lowest BCUT2D eigenvalue weighted by atomic mass is 10.1. The van der Waals surface area contributed by atoms with Crippen LogP contribution in [-0.4, -0.2) is 11.7 Å². The molecule has 0 aliphatic rings. The number of ether oxygens (including phenoxy) is 1. The Labute approximate surface area is 181 Å². The second-order valence-corrected chi connectivity index (χ2v) is 7.07. The van der Waals surface area contributed by atoms with Gasteiger partial charge in [-0.3, -0.25) is 0 Å². The molecule has 28 heavy (non-hydrogen) atoms. The minimum Gasteiger partial charge on any atom is -0.489 e. The van der Waals surface area contributed by atoms with Crippen molar-refractivity contribution in [3.63, 3.8) is 0 Å². The number of aliphatic hydroxyl groups excluding tert-OH is 1. The summed E-state index contributed by atoms with van der Waals surface area (Å²) in [6, 6.07) is 22.8. The van der Waals surface area contributed by atoms with E-state index < -0.39 is 6.10 Å². The standard InChI is InChI=1S/C22H21Cl2NO2.ClH/c23-19-10-9-18(21(24)12-19)15-27-20-8-4-5-16(11-20)13-25-14-22(26)17-6-2-1-3-7-17;/h1-12,22,25-26H,13-15H2;1H. The van der Waals surface area contributed by atoms with Gasteiger partial charge in [0.05, 0.1) is 6.10 Å². The molecular formula is C22H22Cl3NO2. The van der Waals surface area contributed by atoms with Crippen LogP contribution in [0.4, 0.5) is 0 Å². The van der Waals surface area contributed by atoms with E-state index in [9.17, 15) is 5.11 Å². The Kier molecular flexibility index (Phi) is 9.10. The van der Waals surface area contributed by atoms with Crippen LogP contribution in [0.2, 0.25) is 10.0 Å². The normalized spacial score (nSPS) is 11.5. The molecule has 0 fully saturated rings. The van der Waals surface area contributed by atoms with Gasteiger partial charge >= 0.3 is 0 Å². The van der Waals surface area contributed by atoms with Gasteiger partial charge in [0, 0.05) is 28.7 Å². The van der Waals surface area contributed by atoms with Crippen LogP contribution >= 0.6 is 35.6 Å². The summed E-state index contributed by atoms with van der Waals surface area (Å²) in [5.74, 6) is 0.768. The monoisotopic (exact) mass is 437 g/mol. The SMILES string of the molecule is Cl.OC(CNCc1cccc(OCc2ccc(Cl)cc2Cl)c1)c1ccccc1. The lowest BCUT2D eigenvalue weighted by molar-refractivity contribution is 0.174. The van der Waals surface area contributed by atoms with Crippen molar-refractivity contribution in [2.75, 3.05) is 6.54 Å². The lowest BCUT2D eigenvalue weighted by Crippen LogP contribution is -2.21. The first-order valence-electron chi connectivity index (χ1n) is 8.71. The smallest absolute Gasteiger partial charge is 0.120 e. The second kappa shape index (κ2) is 11.3. The quantitative estimate of drug-likeness (QED) is 0.466. The summed E-state index contributed by atoms with van der Waals surface area (Å²) in [4.78, 5) is 0. The third-order valence-corrected chi connectivity index (χ3v) is 4.75. The average molecular weight is 439 g/mol. The van der Waals surface area contributed by atoms with Gasteiger partial charge in [-0.15, -0.1) is 12.4 Å². The van der Waals surface area contributed by atoms with Gasteiger partial charge in [0.1, 0.15) is 12.4 Å². The molecule has 0 saturated heterocycles. The molecule has 2 N–H and O–H groups in total. The van der Waals surface area contributed by atoms with Crippen molar-refractivity contribution in [2.24, 2.45) is 0 Å². The summed E-state index contributed by atoms with van der Waals surface area (Å²) >= 11 is 12.1. The number of nitrogens with one attached hydrogen (secondary N) is 1. The fourth-order valence-corrected chi connectivity index (χ4v) is 3.15. The van der Waals surface area contributed by atoms with E-state index in [0.717, 1.165) is 22.4 Å². The lowest BCUT2D eigenvalue weighted by Gasteiger charge is -2.13. The summed E-state index contributed by atoms with van der Waals surface area (Å²) in [5.41, 5.74) is 2.87. The van der Waals surface area contributed by atoms with Crippen LogP contribution < -0.4 is 10.1 Å². The predicted octanol–water partition coefficient (Wildman–Crippen LogP) is 5.82. The first kappa shape index (κ1) is 22.5. The Morgan fingerprint density at radius 2 is 1.71 bits per heavy atom. The summed E-state index contributed by atoms with van der Waals surface area (Å²) in [6.45, 7) is 1.50. The van der Waals surface area contributed by atoms with E-state index in [0.29, 0.717) is 29.7 Å². The number of halogens is 3. The van der Waals surface area contributed by atoms with Gasteiger partial charge in [0.15, 0.2) is 0 Å². The van der Waals surface area contributed by atoms with E-state index in [4.69, 9.17) is 27.9 Å². The van der Waals surface area contributed by atoms with E-state index in [1.807, 2.05) is 60.7 Å². The van der Waals surface area contributed by atoms with Crippen LogP contribution in [0.25, 0.3) is 0 Å². The number of rotatable bonds is 8. The number of benzene rings is 3. The van der Waals surface area contributed by atoms with Crippen molar-refractivity contribution in [3.05, 3.63) is 99.5 Å².